The van der Waals surface area contributed by atoms with Crippen LogP contribution in [0.25, 0.3) is 0 Å². The van der Waals surface area contributed by atoms with Crippen molar-refractivity contribution < 1.29 is 19.1 Å². The molecule has 0 radical (unpaired) electrons. The Morgan fingerprint density at radius 1 is 0.969 bits per heavy atom. The highest BCUT2D eigenvalue weighted by Crippen LogP contribution is 2.40. The van der Waals surface area contributed by atoms with Crippen LogP contribution in [0.15, 0.2) is 72.9 Å². The summed E-state index contributed by atoms with van der Waals surface area (Å²) in [6.45, 7) is 4.18. The molecule has 32 heavy (non-hydrogen) atoms. The molecular weight excluding hydrogens is 404 g/mol. The van der Waals surface area contributed by atoms with Gasteiger partial charge in [0.15, 0.2) is 5.78 Å². The molecule has 2 aromatic carbocycles. The Hall–Kier alpha value is -3.80. The Morgan fingerprint density at radius 3 is 2.22 bits per heavy atom. The van der Waals surface area contributed by atoms with Gasteiger partial charge in [0.25, 0.3) is 5.91 Å². The molecule has 1 aliphatic heterocycles. The molecule has 1 aliphatic rings. The number of aromatic nitrogens is 1. The van der Waals surface area contributed by atoms with Gasteiger partial charge in [0.2, 0.25) is 5.78 Å². The number of amides is 1. The van der Waals surface area contributed by atoms with Gasteiger partial charge in [-0.2, -0.15) is 0 Å². The van der Waals surface area contributed by atoms with Gasteiger partial charge in [-0.05, 0) is 53.4 Å². The fourth-order valence-electron chi connectivity index (χ4n) is 4.03. The molecule has 1 amide bonds. The van der Waals surface area contributed by atoms with Gasteiger partial charge in [0, 0.05) is 11.8 Å². The van der Waals surface area contributed by atoms with Crippen molar-refractivity contribution in [3.05, 3.63) is 89.6 Å². The Bertz CT molecular complexity index is 1140. The van der Waals surface area contributed by atoms with Crippen LogP contribution in [0.3, 0.4) is 0 Å². The number of Topliss-reactive ketones (excluding diaryl/α,β-unsaturated/α-hetero) is 2. The van der Waals surface area contributed by atoms with Crippen molar-refractivity contribution in [2.45, 2.75) is 25.8 Å². The standard InChI is InChI=1S/C26H24N2O4/c1-16(2)17-7-9-18(10-8-17)23-22(24(29)19-11-13-20(32-3)14-12-19)25(30)26(31)28(23)21-6-4-5-15-27-21/h4-16,22-23H,1-3H3. The van der Waals surface area contributed by atoms with E-state index >= 15 is 0 Å². The Labute approximate surface area is 186 Å². The van der Waals surface area contributed by atoms with Gasteiger partial charge in [-0.15, -0.1) is 0 Å². The second-order valence-corrected chi connectivity index (χ2v) is 8.06. The average Bonchev–Trinajstić information content (AvgIpc) is 3.09. The zero-order valence-corrected chi connectivity index (χ0v) is 18.2. The van der Waals surface area contributed by atoms with E-state index < -0.39 is 29.4 Å². The fraction of sp³-hybridized carbons (Fsp3) is 0.231. The third-order valence-electron chi connectivity index (χ3n) is 5.80. The van der Waals surface area contributed by atoms with Crippen LogP contribution in [0.2, 0.25) is 0 Å². The number of benzene rings is 2. The summed E-state index contributed by atoms with van der Waals surface area (Å²) in [6, 6.07) is 18.6. The van der Waals surface area contributed by atoms with E-state index in [1.165, 1.54) is 12.0 Å². The highest BCUT2D eigenvalue weighted by molar-refractivity contribution is 6.48. The van der Waals surface area contributed by atoms with E-state index in [4.69, 9.17) is 4.74 Å². The predicted octanol–water partition coefficient (Wildman–Crippen LogP) is 4.37. The van der Waals surface area contributed by atoms with Crippen LogP contribution in [-0.2, 0) is 9.59 Å². The second kappa shape index (κ2) is 8.75. The van der Waals surface area contributed by atoms with Crippen molar-refractivity contribution >= 4 is 23.3 Å². The van der Waals surface area contributed by atoms with Crippen molar-refractivity contribution in [1.29, 1.82) is 0 Å². The summed E-state index contributed by atoms with van der Waals surface area (Å²) >= 11 is 0. The van der Waals surface area contributed by atoms with E-state index in [-0.39, 0.29) is 0 Å². The summed E-state index contributed by atoms with van der Waals surface area (Å²) in [7, 11) is 1.54. The Morgan fingerprint density at radius 2 is 1.66 bits per heavy atom. The van der Waals surface area contributed by atoms with Gasteiger partial charge < -0.3 is 4.74 Å². The van der Waals surface area contributed by atoms with Crippen LogP contribution >= 0.6 is 0 Å². The molecule has 6 nitrogen and oxygen atoms in total. The van der Waals surface area contributed by atoms with Gasteiger partial charge >= 0.3 is 0 Å². The van der Waals surface area contributed by atoms with E-state index in [1.807, 2.05) is 24.3 Å². The summed E-state index contributed by atoms with van der Waals surface area (Å²) in [4.78, 5) is 45.3. The molecule has 4 rings (SSSR count). The van der Waals surface area contributed by atoms with Crippen LogP contribution in [0, 0.1) is 5.92 Å². The highest BCUT2D eigenvalue weighted by atomic mass is 16.5. The fourth-order valence-corrected chi connectivity index (χ4v) is 4.03. The molecule has 0 N–H and O–H groups in total. The molecule has 0 aliphatic carbocycles. The molecule has 6 heteroatoms. The van der Waals surface area contributed by atoms with Crippen molar-refractivity contribution in [1.82, 2.24) is 4.98 Å². The van der Waals surface area contributed by atoms with Crippen molar-refractivity contribution in [2.75, 3.05) is 12.0 Å². The van der Waals surface area contributed by atoms with Gasteiger partial charge in [-0.1, -0.05) is 44.2 Å². The largest absolute Gasteiger partial charge is 0.497 e. The molecule has 1 aromatic heterocycles. The van der Waals surface area contributed by atoms with Gasteiger partial charge in [-0.25, -0.2) is 4.98 Å². The van der Waals surface area contributed by atoms with Crippen LogP contribution < -0.4 is 9.64 Å². The second-order valence-electron chi connectivity index (χ2n) is 8.06. The molecule has 1 fully saturated rings. The molecule has 0 saturated carbocycles. The van der Waals surface area contributed by atoms with Crippen molar-refractivity contribution in [3.63, 3.8) is 0 Å². The first-order chi connectivity index (χ1) is 15.4. The number of ketones is 2. The lowest BCUT2D eigenvalue weighted by Gasteiger charge is -2.26. The summed E-state index contributed by atoms with van der Waals surface area (Å²) in [6.07, 6.45) is 1.56. The quantitative estimate of drug-likeness (QED) is 0.331. The number of pyridine rings is 1. The summed E-state index contributed by atoms with van der Waals surface area (Å²) < 4.78 is 5.16. The average molecular weight is 428 g/mol. The number of hydrogen-bond acceptors (Lipinski definition) is 5. The van der Waals surface area contributed by atoms with Gasteiger partial charge in [0.05, 0.1) is 13.2 Å². The molecule has 162 valence electrons. The lowest BCUT2D eigenvalue weighted by atomic mass is 9.85. The minimum Gasteiger partial charge on any atom is -0.497 e. The molecular formula is C26H24N2O4. The van der Waals surface area contributed by atoms with E-state index in [0.717, 1.165) is 5.56 Å². The molecule has 0 bridgehead atoms. The van der Waals surface area contributed by atoms with Crippen LogP contribution in [0.5, 0.6) is 5.75 Å². The van der Waals surface area contributed by atoms with Gasteiger partial charge in [0.1, 0.15) is 17.5 Å². The number of methoxy groups -OCH3 is 1. The topological polar surface area (TPSA) is 76.6 Å². The molecule has 2 atom stereocenters. The molecule has 0 spiro atoms. The maximum absolute atomic E-state index is 13.5. The number of anilines is 1. The normalized spacial score (nSPS) is 18.3. The van der Waals surface area contributed by atoms with E-state index in [1.54, 1.807) is 48.7 Å². The predicted molar refractivity (Wildman–Crippen MR) is 121 cm³/mol. The van der Waals surface area contributed by atoms with E-state index in [9.17, 15) is 14.4 Å². The maximum atomic E-state index is 13.5. The maximum Gasteiger partial charge on any atom is 0.297 e. The lowest BCUT2D eigenvalue weighted by molar-refractivity contribution is -0.135. The Kier molecular flexibility index (Phi) is 5.86. The minimum absolute atomic E-state index is 0.333. The number of hydrogen-bond donors (Lipinski definition) is 0. The number of ether oxygens (including phenoxy) is 1. The number of rotatable bonds is 6. The molecule has 1 saturated heterocycles. The molecule has 2 heterocycles. The summed E-state index contributed by atoms with van der Waals surface area (Å²) in [5.74, 6) is -1.74. The summed E-state index contributed by atoms with van der Waals surface area (Å²) in [5.41, 5.74) is 2.20. The van der Waals surface area contributed by atoms with E-state index in [0.29, 0.717) is 28.6 Å². The lowest BCUT2D eigenvalue weighted by Crippen LogP contribution is -2.31. The zero-order chi connectivity index (χ0) is 22.8. The first-order valence-corrected chi connectivity index (χ1v) is 10.5. The number of carbonyl (C=O) groups is 3. The minimum atomic E-state index is -1.16. The first-order valence-electron chi connectivity index (χ1n) is 10.5. The van der Waals surface area contributed by atoms with Crippen molar-refractivity contribution in [3.8, 4) is 5.75 Å². The highest BCUT2D eigenvalue weighted by Gasteiger charge is 2.52. The molecule has 3 aromatic rings. The van der Waals surface area contributed by atoms with Crippen LogP contribution in [0.4, 0.5) is 5.82 Å². The molecule has 2 unspecified atom stereocenters. The van der Waals surface area contributed by atoms with Crippen LogP contribution in [0.1, 0.15) is 47.3 Å². The zero-order valence-electron chi connectivity index (χ0n) is 18.2. The van der Waals surface area contributed by atoms with Gasteiger partial charge in [-0.3, -0.25) is 19.3 Å². The van der Waals surface area contributed by atoms with E-state index in [2.05, 4.69) is 18.8 Å². The third kappa shape index (κ3) is 3.80. The first kappa shape index (κ1) is 21.4. The Balaban J connectivity index is 1.81. The number of carbonyl (C=O) groups excluding carboxylic acids is 3. The number of nitrogens with zero attached hydrogens (tertiary/aromatic N) is 2. The van der Waals surface area contributed by atoms with Crippen molar-refractivity contribution in [2.24, 2.45) is 5.92 Å². The summed E-state index contributed by atoms with van der Waals surface area (Å²) in [5, 5.41) is 0. The third-order valence-corrected chi connectivity index (χ3v) is 5.80. The monoisotopic (exact) mass is 428 g/mol. The van der Waals surface area contributed by atoms with Crippen LogP contribution in [-0.4, -0.2) is 29.6 Å². The SMILES string of the molecule is COc1ccc(C(=O)C2C(=O)C(=O)N(c3ccccn3)C2c2ccc(C(C)C)cc2)cc1. The smallest absolute Gasteiger partial charge is 0.297 e.